The van der Waals surface area contributed by atoms with Gasteiger partial charge in [-0.25, -0.2) is 4.79 Å². The van der Waals surface area contributed by atoms with Crippen molar-refractivity contribution in [2.75, 3.05) is 23.7 Å². The summed E-state index contributed by atoms with van der Waals surface area (Å²) in [5, 5.41) is 0. The van der Waals surface area contributed by atoms with Gasteiger partial charge in [-0.05, 0) is 25.5 Å². The molecule has 1 aromatic heterocycles. The highest BCUT2D eigenvalue weighted by Gasteiger charge is 2.37. The minimum atomic E-state index is -0.803. The summed E-state index contributed by atoms with van der Waals surface area (Å²) >= 11 is 0. The fraction of sp³-hybridized carbons (Fsp3) is 0.350. The lowest BCUT2D eigenvalue weighted by atomic mass is 10.1. The number of carbonyl (C=O) groups excluding carboxylic acids is 3. The summed E-state index contributed by atoms with van der Waals surface area (Å²) in [6.07, 6.45) is 1.46. The van der Waals surface area contributed by atoms with Crippen LogP contribution in [-0.2, 0) is 11.3 Å². The van der Waals surface area contributed by atoms with Crippen LogP contribution in [-0.4, -0.2) is 45.3 Å². The van der Waals surface area contributed by atoms with Crippen molar-refractivity contribution in [1.29, 1.82) is 0 Å². The Morgan fingerprint density at radius 1 is 1.07 bits per heavy atom. The van der Waals surface area contributed by atoms with E-state index in [0.29, 0.717) is 6.42 Å². The van der Waals surface area contributed by atoms with Gasteiger partial charge in [0.05, 0.1) is 11.1 Å². The van der Waals surface area contributed by atoms with Crippen LogP contribution in [0.5, 0.6) is 0 Å². The zero-order valence-electron chi connectivity index (χ0n) is 16.8. The van der Waals surface area contributed by atoms with Gasteiger partial charge in [-0.2, -0.15) is 0 Å². The van der Waals surface area contributed by atoms with Crippen LogP contribution in [0.2, 0.25) is 0 Å². The molecule has 0 saturated carbocycles. The Morgan fingerprint density at radius 3 is 2.20 bits per heavy atom. The van der Waals surface area contributed by atoms with Gasteiger partial charge >= 0.3 is 5.69 Å². The zero-order chi connectivity index (χ0) is 22.0. The maximum Gasteiger partial charge on any atom is 0.330 e. The standard InChI is InChI=1S/C20H23N5O5/c1-3-5-10-24-16(21)15(17(27)22-20(24)30)23(4-2)14(26)11-25-18(28)12-8-6-7-9-13(12)19(25)29/h6-9H,3-5,10-11,21H2,1-2H3,(H,22,27,30). The highest BCUT2D eigenvalue weighted by atomic mass is 16.2. The van der Waals surface area contributed by atoms with E-state index in [0.717, 1.165) is 16.2 Å². The van der Waals surface area contributed by atoms with Gasteiger partial charge in [0.2, 0.25) is 5.91 Å². The number of aromatic amines is 1. The summed E-state index contributed by atoms with van der Waals surface area (Å²) in [4.78, 5) is 66.7. The Balaban J connectivity index is 1.93. The largest absolute Gasteiger partial charge is 0.383 e. The lowest BCUT2D eigenvalue weighted by Gasteiger charge is -2.25. The fourth-order valence-electron chi connectivity index (χ4n) is 3.44. The first-order chi connectivity index (χ1) is 14.3. The van der Waals surface area contributed by atoms with Gasteiger partial charge in [0.1, 0.15) is 12.4 Å². The number of imide groups is 1. The van der Waals surface area contributed by atoms with E-state index < -0.39 is 35.5 Å². The average Bonchev–Trinajstić information content (AvgIpc) is 2.96. The zero-order valence-corrected chi connectivity index (χ0v) is 16.8. The molecule has 10 nitrogen and oxygen atoms in total. The molecule has 2 aromatic rings. The van der Waals surface area contributed by atoms with Crippen LogP contribution < -0.4 is 21.9 Å². The van der Waals surface area contributed by atoms with Crippen molar-refractivity contribution in [2.45, 2.75) is 33.2 Å². The molecule has 0 atom stereocenters. The molecule has 1 aromatic carbocycles. The molecule has 0 saturated heterocycles. The number of anilines is 2. The lowest BCUT2D eigenvalue weighted by molar-refractivity contribution is -0.118. The van der Waals surface area contributed by atoms with Crippen LogP contribution in [0.1, 0.15) is 47.4 Å². The number of amides is 3. The maximum absolute atomic E-state index is 13.0. The number of nitrogens with one attached hydrogen (secondary N) is 1. The highest BCUT2D eigenvalue weighted by molar-refractivity contribution is 6.22. The van der Waals surface area contributed by atoms with Gasteiger partial charge in [-0.3, -0.25) is 33.6 Å². The van der Waals surface area contributed by atoms with Gasteiger partial charge in [0, 0.05) is 13.1 Å². The van der Waals surface area contributed by atoms with Crippen LogP contribution in [0, 0.1) is 0 Å². The number of carbonyl (C=O) groups is 3. The van der Waals surface area contributed by atoms with E-state index in [-0.39, 0.29) is 35.7 Å². The Hall–Kier alpha value is -3.69. The van der Waals surface area contributed by atoms with Gasteiger partial charge in [-0.15, -0.1) is 0 Å². The van der Waals surface area contributed by atoms with Crippen LogP contribution in [0.4, 0.5) is 11.5 Å². The van der Waals surface area contributed by atoms with E-state index in [1.807, 2.05) is 6.92 Å². The van der Waals surface area contributed by atoms with Crippen LogP contribution in [0.15, 0.2) is 33.9 Å². The fourth-order valence-corrected chi connectivity index (χ4v) is 3.44. The topological polar surface area (TPSA) is 139 Å². The second-order valence-corrected chi connectivity index (χ2v) is 6.88. The molecule has 3 amide bonds. The Labute approximate surface area is 171 Å². The van der Waals surface area contributed by atoms with Crippen molar-refractivity contribution in [3.05, 3.63) is 56.2 Å². The molecule has 158 valence electrons. The van der Waals surface area contributed by atoms with Crippen molar-refractivity contribution in [3.63, 3.8) is 0 Å². The third-order valence-corrected chi connectivity index (χ3v) is 5.01. The smallest absolute Gasteiger partial charge is 0.330 e. The molecule has 2 heterocycles. The number of fused-ring (bicyclic) bond motifs is 1. The number of nitrogens with zero attached hydrogens (tertiary/aromatic N) is 3. The molecule has 1 aliphatic rings. The molecule has 0 bridgehead atoms. The van der Waals surface area contributed by atoms with Crippen LogP contribution in [0.3, 0.4) is 0 Å². The summed E-state index contributed by atoms with van der Waals surface area (Å²) < 4.78 is 1.21. The molecule has 0 fully saturated rings. The van der Waals surface area contributed by atoms with E-state index in [1.54, 1.807) is 19.1 Å². The summed E-state index contributed by atoms with van der Waals surface area (Å²) in [5.41, 5.74) is 4.90. The summed E-state index contributed by atoms with van der Waals surface area (Å²) in [6, 6.07) is 6.30. The van der Waals surface area contributed by atoms with Crippen molar-refractivity contribution >= 4 is 29.2 Å². The van der Waals surface area contributed by atoms with Gasteiger partial charge in [0.25, 0.3) is 17.4 Å². The number of nitrogen functional groups attached to an aromatic ring is 1. The predicted molar refractivity (Wildman–Crippen MR) is 110 cm³/mol. The highest BCUT2D eigenvalue weighted by Crippen LogP contribution is 2.23. The van der Waals surface area contributed by atoms with Gasteiger partial charge in [-0.1, -0.05) is 25.5 Å². The van der Waals surface area contributed by atoms with Crippen molar-refractivity contribution in [1.82, 2.24) is 14.5 Å². The maximum atomic E-state index is 13.0. The number of rotatable bonds is 7. The molecular weight excluding hydrogens is 390 g/mol. The minimum absolute atomic E-state index is 0.0568. The predicted octanol–water partition coefficient (Wildman–Crippen LogP) is 0.568. The Kier molecular flexibility index (Phi) is 5.86. The monoisotopic (exact) mass is 413 g/mol. The number of nitrogens with two attached hydrogens (primary N) is 1. The van der Waals surface area contributed by atoms with Crippen molar-refractivity contribution in [2.24, 2.45) is 0 Å². The number of unbranched alkanes of at least 4 members (excludes halogenated alkanes) is 1. The van der Waals surface area contributed by atoms with Gasteiger partial charge < -0.3 is 10.6 Å². The molecule has 0 aliphatic carbocycles. The molecule has 3 N–H and O–H groups in total. The molecule has 0 radical (unpaired) electrons. The third-order valence-electron chi connectivity index (χ3n) is 5.01. The number of hydrogen-bond acceptors (Lipinski definition) is 6. The number of hydrogen-bond donors (Lipinski definition) is 2. The van der Waals surface area contributed by atoms with E-state index >= 15 is 0 Å². The van der Waals surface area contributed by atoms with Gasteiger partial charge in [0.15, 0.2) is 5.69 Å². The normalized spacial score (nSPS) is 12.9. The second kappa shape index (κ2) is 8.36. The van der Waals surface area contributed by atoms with E-state index in [2.05, 4.69) is 4.98 Å². The van der Waals surface area contributed by atoms with E-state index in [9.17, 15) is 24.0 Å². The Morgan fingerprint density at radius 2 is 1.67 bits per heavy atom. The third kappa shape index (κ3) is 3.51. The van der Waals surface area contributed by atoms with E-state index in [4.69, 9.17) is 5.73 Å². The number of likely N-dealkylation sites (N-methyl/N-ethyl adjacent to an activating group) is 1. The summed E-state index contributed by atoms with van der Waals surface area (Å²) in [7, 11) is 0. The first-order valence-corrected chi connectivity index (χ1v) is 9.69. The van der Waals surface area contributed by atoms with Crippen LogP contribution >= 0.6 is 0 Å². The molecule has 1 aliphatic heterocycles. The molecule has 10 heteroatoms. The average molecular weight is 413 g/mol. The summed E-state index contributed by atoms with van der Waals surface area (Å²) in [5.74, 6) is -1.94. The molecule has 0 unspecified atom stereocenters. The molecular formula is C20H23N5O5. The quantitative estimate of drug-likeness (QED) is 0.636. The molecule has 3 rings (SSSR count). The van der Waals surface area contributed by atoms with Crippen LogP contribution in [0.25, 0.3) is 0 Å². The number of aromatic nitrogens is 2. The minimum Gasteiger partial charge on any atom is -0.383 e. The SMILES string of the molecule is CCCCn1c(N)c(N(CC)C(=O)CN2C(=O)c3ccccc3C2=O)c(=O)[nH]c1=O. The summed E-state index contributed by atoms with van der Waals surface area (Å²) in [6.45, 7) is 3.36. The molecule has 0 spiro atoms. The first kappa shape index (κ1) is 21.0. The lowest BCUT2D eigenvalue weighted by Crippen LogP contribution is -2.46. The van der Waals surface area contributed by atoms with E-state index in [1.165, 1.54) is 16.7 Å². The second-order valence-electron chi connectivity index (χ2n) is 6.88. The van der Waals surface area contributed by atoms with Crippen molar-refractivity contribution in [3.8, 4) is 0 Å². The first-order valence-electron chi connectivity index (χ1n) is 9.69. The molecule has 30 heavy (non-hydrogen) atoms. The number of benzene rings is 1. The van der Waals surface area contributed by atoms with Crippen molar-refractivity contribution < 1.29 is 14.4 Å². The Bertz CT molecular complexity index is 1100. The number of H-pyrrole nitrogens is 1.